The van der Waals surface area contributed by atoms with Crippen molar-refractivity contribution in [3.63, 3.8) is 0 Å². The molecule has 0 rings (SSSR count). The van der Waals surface area contributed by atoms with Crippen LogP contribution in [0, 0.1) is 0 Å². The molecule has 0 aliphatic carbocycles. The largest absolute Gasteiger partial charge is 1.00 e. The molecule has 0 aromatic heterocycles. The van der Waals surface area contributed by atoms with Crippen LogP contribution in [0.4, 0.5) is 0 Å². The van der Waals surface area contributed by atoms with Crippen LogP contribution < -0.4 is 66.6 Å². The molecule has 0 unspecified atom stereocenters. The molecule has 0 heterocycles. The molecule has 5 heavy (non-hydrogen) atoms. The molecular formula is O3RbSe-. The van der Waals surface area contributed by atoms with Gasteiger partial charge in [-0.05, 0) is 0 Å². The van der Waals surface area contributed by atoms with Gasteiger partial charge in [0.15, 0.2) is 0 Å². The average Bonchev–Trinajstić information content (AvgIpc) is 0.811. The zero-order valence-corrected chi connectivity index (χ0v) is 9.26. The van der Waals surface area contributed by atoms with Gasteiger partial charge in [-0.25, -0.2) is 0 Å². The molecule has 5 heteroatoms. The molecule has 0 aliphatic rings. The zero-order chi connectivity index (χ0) is 3.58. The Morgan fingerprint density at radius 1 is 1.40 bits per heavy atom. The summed E-state index contributed by atoms with van der Waals surface area (Å²) in [6.07, 6.45) is 0. The molecule has 3 nitrogen and oxygen atoms in total. The molecule has 0 bridgehead atoms. The van der Waals surface area contributed by atoms with Gasteiger partial charge in [-0.2, -0.15) is 0 Å². The fourth-order valence-corrected chi connectivity index (χ4v) is 0. The first-order valence-corrected chi connectivity index (χ1v) is 2.60. The minimum absolute atomic E-state index is 0. The van der Waals surface area contributed by atoms with E-state index in [1.165, 1.54) is 0 Å². The summed E-state index contributed by atoms with van der Waals surface area (Å²) >= 11 is -3.79. The van der Waals surface area contributed by atoms with Crippen LogP contribution in [-0.2, 0) is 3.83 Å². The summed E-state index contributed by atoms with van der Waals surface area (Å²) in [5.74, 6) is 0. The Labute approximate surface area is 82.9 Å². The van der Waals surface area contributed by atoms with Crippen LogP contribution in [0.2, 0.25) is 0 Å². The first kappa shape index (κ1) is 10.1. The standard InChI is InChI=1S/H2O3Se.Rb/c1-4(2)3;/h(H2,1,2,3);/q;+1/p-2. The van der Waals surface area contributed by atoms with Gasteiger partial charge in [0.2, 0.25) is 0 Å². The summed E-state index contributed by atoms with van der Waals surface area (Å²) in [5.41, 5.74) is 0. The van der Waals surface area contributed by atoms with Crippen LogP contribution in [0.5, 0.6) is 0 Å². The third-order valence-electron chi connectivity index (χ3n) is 0. The first-order valence-electron chi connectivity index (χ1n) is 0.500. The summed E-state index contributed by atoms with van der Waals surface area (Å²) in [4.78, 5) is 0. The molecule has 0 saturated carbocycles. The van der Waals surface area contributed by atoms with E-state index in [1.807, 2.05) is 0 Å². The molecule has 0 spiro atoms. The van der Waals surface area contributed by atoms with E-state index in [-0.39, 0.29) is 58.2 Å². The molecule has 0 atom stereocenters. The summed E-state index contributed by atoms with van der Waals surface area (Å²) < 4.78 is 25.6. The molecule has 0 aromatic rings. The second-order valence-electron chi connectivity index (χ2n) is 0.204. The van der Waals surface area contributed by atoms with Crippen LogP contribution >= 0.6 is 0 Å². The monoisotopic (exact) mass is 213 g/mol. The Kier molecular flexibility index (Phi) is 12.2. The van der Waals surface area contributed by atoms with Gasteiger partial charge in [0.05, 0.1) is 0 Å². The number of hydrogen-bond acceptors (Lipinski definition) is 3. The average molecular weight is 212 g/mol. The Bertz CT molecular complexity index is 29.9. The quantitative estimate of drug-likeness (QED) is 0.376. The van der Waals surface area contributed by atoms with Crippen molar-refractivity contribution in [2.75, 3.05) is 0 Å². The van der Waals surface area contributed by atoms with Gasteiger partial charge in [-0.15, -0.1) is 0 Å². The van der Waals surface area contributed by atoms with Gasteiger partial charge in [0.25, 0.3) is 0 Å². The fraction of sp³-hybridized carbons (Fsp3) is 0. The Morgan fingerprint density at radius 2 is 1.40 bits per heavy atom. The van der Waals surface area contributed by atoms with Crippen LogP contribution in [0.3, 0.4) is 0 Å². The second-order valence-corrected chi connectivity index (χ2v) is 1.06. The molecule has 0 amide bonds. The second kappa shape index (κ2) is 6.04. The molecule has 0 fully saturated rings. The predicted octanol–water partition coefficient (Wildman–Crippen LogP) is -5.87. The van der Waals surface area contributed by atoms with E-state index in [9.17, 15) is 0 Å². The van der Waals surface area contributed by atoms with Crippen molar-refractivity contribution in [2.24, 2.45) is 0 Å². The number of rotatable bonds is 0. The maximum atomic E-state index is 8.54. The third kappa shape index (κ3) is 23.7. The summed E-state index contributed by atoms with van der Waals surface area (Å²) in [7, 11) is 0. The van der Waals surface area contributed by atoms with Gasteiger partial charge in [0, 0.05) is 0 Å². The molecule has 0 radical (unpaired) electrons. The summed E-state index contributed by atoms with van der Waals surface area (Å²) in [6, 6.07) is 0. The molecule has 26 valence electrons. The van der Waals surface area contributed by atoms with Crippen molar-refractivity contribution in [3.8, 4) is 0 Å². The Morgan fingerprint density at radius 3 is 1.40 bits per heavy atom. The zero-order valence-electron chi connectivity index (χ0n) is 2.63. The van der Waals surface area contributed by atoms with E-state index < -0.39 is 14.5 Å². The summed E-state index contributed by atoms with van der Waals surface area (Å²) in [5, 5.41) is 0. The third-order valence-corrected chi connectivity index (χ3v) is 0. The SMILES string of the molecule is O=[Se]([O-])[O-].[Rb+]. The van der Waals surface area contributed by atoms with Gasteiger partial charge >= 0.3 is 84.9 Å². The van der Waals surface area contributed by atoms with Crippen molar-refractivity contribution in [1.82, 2.24) is 0 Å². The van der Waals surface area contributed by atoms with Crippen molar-refractivity contribution < 1.29 is 70.4 Å². The smallest absolute Gasteiger partial charge is 1.00 e. The molecule has 0 aliphatic heterocycles. The van der Waals surface area contributed by atoms with Gasteiger partial charge in [-0.3, -0.25) is 0 Å². The fourth-order valence-electron chi connectivity index (χ4n) is 0. The van der Waals surface area contributed by atoms with Crippen LogP contribution in [0.1, 0.15) is 0 Å². The van der Waals surface area contributed by atoms with Crippen LogP contribution in [-0.4, -0.2) is 14.5 Å². The van der Waals surface area contributed by atoms with Crippen molar-refractivity contribution >= 4 is 14.5 Å². The van der Waals surface area contributed by atoms with Crippen molar-refractivity contribution in [1.29, 1.82) is 0 Å². The Balaban J connectivity index is 0. The van der Waals surface area contributed by atoms with Crippen molar-refractivity contribution in [2.45, 2.75) is 0 Å². The maximum absolute atomic E-state index is 8.54. The van der Waals surface area contributed by atoms with Gasteiger partial charge in [0.1, 0.15) is 0 Å². The maximum Gasteiger partial charge on any atom is 1.00 e. The van der Waals surface area contributed by atoms with Crippen molar-refractivity contribution in [3.05, 3.63) is 0 Å². The van der Waals surface area contributed by atoms with E-state index in [2.05, 4.69) is 0 Å². The predicted molar refractivity (Wildman–Crippen MR) is 6.44 cm³/mol. The normalized spacial score (nSPS) is 7.00. The van der Waals surface area contributed by atoms with E-state index in [4.69, 9.17) is 12.2 Å². The molecule has 0 saturated heterocycles. The van der Waals surface area contributed by atoms with E-state index in [0.717, 1.165) is 0 Å². The molecule has 0 N–H and O–H groups in total. The van der Waals surface area contributed by atoms with Gasteiger partial charge in [-0.1, -0.05) is 0 Å². The van der Waals surface area contributed by atoms with Crippen LogP contribution in [0.15, 0.2) is 0 Å². The number of hydrogen-bond donors (Lipinski definition) is 0. The van der Waals surface area contributed by atoms with Gasteiger partial charge < -0.3 is 0 Å². The Hall–Kier alpha value is 2.04. The van der Waals surface area contributed by atoms with Crippen LogP contribution in [0.25, 0.3) is 0 Å². The topological polar surface area (TPSA) is 63.2 Å². The molecular weight excluding hydrogens is 212 g/mol. The first-order chi connectivity index (χ1) is 1.73. The van der Waals surface area contributed by atoms with E-state index in [1.54, 1.807) is 0 Å². The van der Waals surface area contributed by atoms with E-state index >= 15 is 0 Å². The van der Waals surface area contributed by atoms with E-state index in [0.29, 0.717) is 0 Å². The summed E-state index contributed by atoms with van der Waals surface area (Å²) in [6.45, 7) is 0. The minimum Gasteiger partial charge on any atom is 1.00 e. The molecule has 0 aromatic carbocycles. The minimum atomic E-state index is -3.79.